The second-order valence-electron chi connectivity index (χ2n) is 8.40. The van der Waals surface area contributed by atoms with E-state index < -0.39 is 24.0 Å². The van der Waals surface area contributed by atoms with Crippen molar-refractivity contribution in [3.8, 4) is 11.1 Å². The molecule has 8 nitrogen and oxygen atoms in total. The number of rotatable bonds is 10. The summed E-state index contributed by atoms with van der Waals surface area (Å²) in [6.07, 6.45) is 1.48. The Labute approximate surface area is 207 Å². The van der Waals surface area contributed by atoms with Crippen molar-refractivity contribution in [1.82, 2.24) is 10.3 Å². The summed E-state index contributed by atoms with van der Waals surface area (Å²) in [5, 5.41) is 16.1. The number of carbonyl (C=O) groups excluding carboxylic acids is 2. The van der Waals surface area contributed by atoms with Crippen LogP contribution in [0.3, 0.4) is 0 Å². The van der Waals surface area contributed by atoms with E-state index in [1.807, 2.05) is 43.3 Å². The number of nitrogens with zero attached hydrogens (tertiary/aromatic N) is 1. The number of carboxylic acids is 1. The normalized spacial score (nSPS) is 12.9. The van der Waals surface area contributed by atoms with Crippen LogP contribution in [0.1, 0.15) is 60.1 Å². The third-order valence-corrected chi connectivity index (χ3v) is 6.71. The van der Waals surface area contributed by atoms with E-state index in [0.717, 1.165) is 46.4 Å². The number of aliphatic carboxylic acids is 1. The zero-order valence-corrected chi connectivity index (χ0v) is 20.1. The van der Waals surface area contributed by atoms with Crippen molar-refractivity contribution in [2.45, 2.75) is 44.6 Å². The minimum atomic E-state index is -0.970. The van der Waals surface area contributed by atoms with Gasteiger partial charge >= 0.3 is 12.1 Å². The van der Waals surface area contributed by atoms with Crippen molar-refractivity contribution >= 4 is 34.4 Å². The molecular weight excluding hydrogens is 466 g/mol. The summed E-state index contributed by atoms with van der Waals surface area (Å²) < 4.78 is 5.52. The minimum absolute atomic E-state index is 0.0555. The molecule has 0 saturated heterocycles. The number of anilines is 1. The second-order valence-corrected chi connectivity index (χ2v) is 9.26. The molecule has 0 radical (unpaired) electrons. The molecule has 1 heterocycles. The van der Waals surface area contributed by atoms with Crippen LogP contribution in [-0.4, -0.2) is 40.7 Å². The van der Waals surface area contributed by atoms with Crippen LogP contribution in [0.2, 0.25) is 0 Å². The van der Waals surface area contributed by atoms with E-state index in [9.17, 15) is 14.4 Å². The van der Waals surface area contributed by atoms with Crippen LogP contribution in [0, 0.1) is 0 Å². The van der Waals surface area contributed by atoms with Crippen LogP contribution in [0.4, 0.5) is 9.93 Å². The molecule has 0 bridgehead atoms. The predicted octanol–water partition coefficient (Wildman–Crippen LogP) is 5.27. The van der Waals surface area contributed by atoms with Crippen molar-refractivity contribution in [3.05, 3.63) is 70.7 Å². The molecule has 4 rings (SSSR count). The molecule has 35 heavy (non-hydrogen) atoms. The Balaban J connectivity index is 1.34. The molecule has 1 aliphatic rings. The van der Waals surface area contributed by atoms with Gasteiger partial charge < -0.3 is 15.2 Å². The first-order chi connectivity index (χ1) is 17.0. The summed E-state index contributed by atoms with van der Waals surface area (Å²) in [6, 6.07) is 15.7. The fourth-order valence-electron chi connectivity index (χ4n) is 4.30. The van der Waals surface area contributed by atoms with Crippen molar-refractivity contribution in [3.63, 3.8) is 0 Å². The summed E-state index contributed by atoms with van der Waals surface area (Å²) in [5.41, 5.74) is 4.65. The standard InChI is InChI=1S/C26H27N3O5S/c1-2-3-8-16(13-23(30)31)27-24(32)22-15-35-25(28-22)29-26(33)34-14-21-19-11-6-4-9-17(19)18-10-5-7-12-20(18)21/h4-7,9-12,15-16,21H,2-3,8,13-14H2,1H3,(H,27,32)(H,30,31)(H,28,29,33)/t16-/m1/s1. The Morgan fingerprint density at radius 1 is 1.09 bits per heavy atom. The SMILES string of the molecule is CCCC[C@H](CC(=O)O)NC(=O)c1csc(NC(=O)OCC2c3ccccc3-c3ccccc32)n1. The predicted molar refractivity (Wildman–Crippen MR) is 134 cm³/mol. The minimum Gasteiger partial charge on any atom is -0.481 e. The molecule has 3 aromatic rings. The van der Waals surface area contributed by atoms with Crippen LogP contribution in [0.5, 0.6) is 0 Å². The lowest BCUT2D eigenvalue weighted by Crippen LogP contribution is -2.36. The van der Waals surface area contributed by atoms with E-state index in [1.54, 1.807) is 0 Å². The van der Waals surface area contributed by atoms with E-state index in [4.69, 9.17) is 9.84 Å². The van der Waals surface area contributed by atoms with E-state index >= 15 is 0 Å². The quantitative estimate of drug-likeness (QED) is 0.354. The molecule has 1 aromatic heterocycles. The Morgan fingerprint density at radius 3 is 2.37 bits per heavy atom. The Bertz CT molecular complexity index is 1180. The van der Waals surface area contributed by atoms with Crippen molar-refractivity contribution < 1.29 is 24.2 Å². The van der Waals surface area contributed by atoms with Gasteiger partial charge in [-0.1, -0.05) is 68.3 Å². The molecule has 182 valence electrons. The number of thiazole rings is 1. The Hall–Kier alpha value is -3.72. The summed E-state index contributed by atoms with van der Waals surface area (Å²) in [4.78, 5) is 40.2. The van der Waals surface area contributed by atoms with Gasteiger partial charge in [-0.3, -0.25) is 14.9 Å². The van der Waals surface area contributed by atoms with Gasteiger partial charge in [0.1, 0.15) is 12.3 Å². The van der Waals surface area contributed by atoms with Crippen LogP contribution >= 0.6 is 11.3 Å². The maximum Gasteiger partial charge on any atom is 0.413 e. The molecule has 0 fully saturated rings. The van der Waals surface area contributed by atoms with E-state index in [1.165, 1.54) is 5.38 Å². The highest BCUT2D eigenvalue weighted by atomic mass is 32.1. The van der Waals surface area contributed by atoms with E-state index in [2.05, 4.69) is 27.8 Å². The number of hydrogen-bond acceptors (Lipinski definition) is 6. The fraction of sp³-hybridized carbons (Fsp3) is 0.308. The van der Waals surface area contributed by atoms with Gasteiger partial charge in [0.25, 0.3) is 5.91 Å². The first kappa shape index (κ1) is 24.4. The molecule has 1 atom stereocenters. The molecule has 1 aliphatic carbocycles. The largest absolute Gasteiger partial charge is 0.481 e. The number of benzene rings is 2. The van der Waals surface area contributed by atoms with Gasteiger partial charge in [-0.15, -0.1) is 11.3 Å². The number of unbranched alkanes of at least 4 members (excludes halogenated alkanes) is 1. The molecule has 3 N–H and O–H groups in total. The van der Waals surface area contributed by atoms with Gasteiger partial charge in [0.15, 0.2) is 5.13 Å². The Kier molecular flexibility index (Phi) is 7.77. The molecule has 0 spiro atoms. The molecule has 9 heteroatoms. The van der Waals surface area contributed by atoms with Gasteiger partial charge in [-0.05, 0) is 28.7 Å². The first-order valence-corrected chi connectivity index (χ1v) is 12.4. The van der Waals surface area contributed by atoms with Gasteiger partial charge in [-0.25, -0.2) is 9.78 Å². The third-order valence-electron chi connectivity index (χ3n) is 5.95. The summed E-state index contributed by atoms with van der Waals surface area (Å²) in [6.45, 7) is 2.17. The van der Waals surface area contributed by atoms with Crippen molar-refractivity contribution in [1.29, 1.82) is 0 Å². The van der Waals surface area contributed by atoms with Gasteiger partial charge in [-0.2, -0.15) is 0 Å². The lowest BCUT2D eigenvalue weighted by molar-refractivity contribution is -0.137. The van der Waals surface area contributed by atoms with E-state index in [0.29, 0.717) is 6.42 Å². The first-order valence-electron chi connectivity index (χ1n) is 11.6. The molecule has 2 aromatic carbocycles. The smallest absolute Gasteiger partial charge is 0.413 e. The number of fused-ring (bicyclic) bond motifs is 3. The van der Waals surface area contributed by atoms with Crippen LogP contribution in [0.25, 0.3) is 11.1 Å². The average molecular weight is 494 g/mol. The average Bonchev–Trinajstić information content (AvgIpc) is 3.43. The number of amides is 2. The monoisotopic (exact) mass is 493 g/mol. The molecular formula is C26H27N3O5S. The molecule has 0 unspecified atom stereocenters. The second kappa shape index (κ2) is 11.1. The maximum atomic E-state index is 12.5. The number of ether oxygens (including phenoxy) is 1. The van der Waals surface area contributed by atoms with Crippen LogP contribution < -0.4 is 10.6 Å². The summed E-state index contributed by atoms with van der Waals surface area (Å²) >= 11 is 1.10. The Morgan fingerprint density at radius 2 is 1.74 bits per heavy atom. The van der Waals surface area contributed by atoms with Gasteiger partial charge in [0.05, 0.1) is 6.42 Å². The summed E-state index contributed by atoms with van der Waals surface area (Å²) in [5.74, 6) is -1.49. The zero-order valence-electron chi connectivity index (χ0n) is 19.3. The number of carbonyl (C=O) groups is 3. The molecule has 0 saturated carbocycles. The molecule has 0 aliphatic heterocycles. The zero-order chi connectivity index (χ0) is 24.8. The highest BCUT2D eigenvalue weighted by molar-refractivity contribution is 7.14. The van der Waals surface area contributed by atoms with Gasteiger partial charge in [0, 0.05) is 17.3 Å². The maximum absolute atomic E-state index is 12.5. The highest BCUT2D eigenvalue weighted by Gasteiger charge is 2.29. The number of nitrogens with one attached hydrogen (secondary N) is 2. The number of aromatic nitrogens is 1. The van der Waals surface area contributed by atoms with Crippen LogP contribution in [-0.2, 0) is 9.53 Å². The highest BCUT2D eigenvalue weighted by Crippen LogP contribution is 2.44. The van der Waals surface area contributed by atoms with Crippen molar-refractivity contribution in [2.75, 3.05) is 11.9 Å². The van der Waals surface area contributed by atoms with Crippen molar-refractivity contribution in [2.24, 2.45) is 0 Å². The fourth-order valence-corrected chi connectivity index (χ4v) is 4.98. The molecule has 2 amide bonds. The number of carboxylic acid groups (broad SMARTS) is 1. The van der Waals surface area contributed by atoms with E-state index in [-0.39, 0.29) is 29.8 Å². The van der Waals surface area contributed by atoms with Gasteiger partial charge in [0.2, 0.25) is 0 Å². The van der Waals surface area contributed by atoms with Crippen LogP contribution in [0.15, 0.2) is 53.9 Å². The lowest BCUT2D eigenvalue weighted by atomic mass is 9.98. The lowest BCUT2D eigenvalue weighted by Gasteiger charge is -2.15. The third kappa shape index (κ3) is 5.86. The number of hydrogen-bond donors (Lipinski definition) is 3. The topological polar surface area (TPSA) is 118 Å². The summed E-state index contributed by atoms with van der Waals surface area (Å²) in [7, 11) is 0.